The molecule has 0 bridgehead atoms. The summed E-state index contributed by atoms with van der Waals surface area (Å²) in [5, 5.41) is 10.2. The Morgan fingerprint density at radius 3 is 2.73 bits per heavy atom. The normalized spacial score (nSPS) is 22.2. The first-order valence-electron chi connectivity index (χ1n) is 7.55. The van der Waals surface area contributed by atoms with Crippen LogP contribution < -0.4 is 0 Å². The summed E-state index contributed by atoms with van der Waals surface area (Å²) in [7, 11) is 0. The highest BCUT2D eigenvalue weighted by Crippen LogP contribution is 2.31. The number of nitriles is 1. The second kappa shape index (κ2) is 6.91. The summed E-state index contributed by atoms with van der Waals surface area (Å²) >= 11 is 5.90. The van der Waals surface area contributed by atoms with E-state index in [9.17, 15) is 5.26 Å². The SMILES string of the molecule is N#CC1CC(c2ccc(Cl)cn2)CCN1Cc1ccccc1. The Labute approximate surface area is 136 Å². The van der Waals surface area contributed by atoms with Gasteiger partial charge in [0.2, 0.25) is 0 Å². The molecule has 0 aliphatic carbocycles. The Bertz CT molecular complexity index is 648. The van der Waals surface area contributed by atoms with Crippen LogP contribution in [-0.4, -0.2) is 22.5 Å². The zero-order valence-corrected chi connectivity index (χ0v) is 13.1. The molecule has 1 fully saturated rings. The smallest absolute Gasteiger partial charge is 0.0987 e. The van der Waals surface area contributed by atoms with Crippen molar-refractivity contribution < 1.29 is 0 Å². The third-order valence-corrected chi connectivity index (χ3v) is 4.48. The summed E-state index contributed by atoms with van der Waals surface area (Å²) < 4.78 is 0. The maximum Gasteiger partial charge on any atom is 0.0987 e. The van der Waals surface area contributed by atoms with Gasteiger partial charge in [-0.1, -0.05) is 41.9 Å². The topological polar surface area (TPSA) is 39.9 Å². The maximum atomic E-state index is 9.52. The van der Waals surface area contributed by atoms with Gasteiger partial charge >= 0.3 is 0 Å². The van der Waals surface area contributed by atoms with Crippen LogP contribution in [0, 0.1) is 11.3 Å². The zero-order valence-electron chi connectivity index (χ0n) is 12.3. The fourth-order valence-electron chi connectivity index (χ4n) is 3.05. The van der Waals surface area contributed by atoms with Crippen LogP contribution in [0.25, 0.3) is 0 Å². The molecule has 0 N–H and O–H groups in total. The molecule has 2 heterocycles. The number of nitrogens with zero attached hydrogens (tertiary/aromatic N) is 3. The summed E-state index contributed by atoms with van der Waals surface area (Å²) in [6, 6.07) is 16.6. The minimum atomic E-state index is -0.0589. The largest absolute Gasteiger partial charge is 0.284 e. The monoisotopic (exact) mass is 311 g/mol. The highest BCUT2D eigenvalue weighted by molar-refractivity contribution is 6.30. The molecule has 0 spiro atoms. The predicted molar refractivity (Wildman–Crippen MR) is 87.5 cm³/mol. The molecule has 3 rings (SSSR count). The highest BCUT2D eigenvalue weighted by Gasteiger charge is 2.29. The first-order chi connectivity index (χ1) is 10.8. The molecule has 3 nitrogen and oxygen atoms in total. The number of benzene rings is 1. The van der Waals surface area contributed by atoms with Crippen LogP contribution in [0.3, 0.4) is 0 Å². The van der Waals surface area contributed by atoms with Gasteiger partial charge in [0, 0.05) is 30.9 Å². The molecule has 2 unspecified atom stereocenters. The van der Waals surface area contributed by atoms with E-state index in [4.69, 9.17) is 11.6 Å². The number of pyridine rings is 1. The summed E-state index contributed by atoms with van der Waals surface area (Å²) in [5.41, 5.74) is 2.30. The van der Waals surface area contributed by atoms with E-state index in [1.807, 2.05) is 30.3 Å². The molecule has 4 heteroatoms. The van der Waals surface area contributed by atoms with Crippen LogP contribution in [0.4, 0.5) is 0 Å². The van der Waals surface area contributed by atoms with Crippen molar-refractivity contribution in [2.45, 2.75) is 31.3 Å². The average molecular weight is 312 g/mol. The highest BCUT2D eigenvalue weighted by atomic mass is 35.5. The van der Waals surface area contributed by atoms with Crippen LogP contribution in [0.2, 0.25) is 5.02 Å². The van der Waals surface area contributed by atoms with Gasteiger partial charge in [0.05, 0.1) is 17.1 Å². The summed E-state index contributed by atoms with van der Waals surface area (Å²) in [5.74, 6) is 0.342. The van der Waals surface area contributed by atoms with Gasteiger partial charge in [0.15, 0.2) is 0 Å². The van der Waals surface area contributed by atoms with Crippen LogP contribution >= 0.6 is 11.6 Å². The van der Waals surface area contributed by atoms with E-state index < -0.39 is 0 Å². The van der Waals surface area contributed by atoms with Gasteiger partial charge < -0.3 is 0 Å². The Kier molecular flexibility index (Phi) is 4.72. The van der Waals surface area contributed by atoms with Gasteiger partial charge in [-0.15, -0.1) is 0 Å². The molecule has 2 aromatic rings. The van der Waals surface area contributed by atoms with E-state index in [2.05, 4.69) is 28.1 Å². The van der Waals surface area contributed by atoms with E-state index in [1.165, 1.54) is 5.56 Å². The van der Waals surface area contributed by atoms with Crippen molar-refractivity contribution in [3.8, 4) is 6.07 Å². The summed E-state index contributed by atoms with van der Waals surface area (Å²) in [4.78, 5) is 6.69. The Balaban J connectivity index is 1.69. The van der Waals surface area contributed by atoms with E-state index in [1.54, 1.807) is 6.20 Å². The molecular weight excluding hydrogens is 294 g/mol. The van der Waals surface area contributed by atoms with Crippen LogP contribution in [0.1, 0.15) is 30.0 Å². The number of aromatic nitrogens is 1. The average Bonchev–Trinajstić information content (AvgIpc) is 2.57. The molecule has 0 saturated carbocycles. The molecule has 0 amide bonds. The van der Waals surface area contributed by atoms with Gasteiger partial charge in [0.1, 0.15) is 0 Å². The third-order valence-electron chi connectivity index (χ3n) is 4.26. The van der Waals surface area contributed by atoms with Gasteiger partial charge in [-0.3, -0.25) is 9.88 Å². The van der Waals surface area contributed by atoms with E-state index >= 15 is 0 Å². The second-order valence-corrected chi connectivity index (χ2v) is 6.16. The molecule has 1 aliphatic heterocycles. The van der Waals surface area contributed by atoms with Gasteiger partial charge in [-0.2, -0.15) is 5.26 Å². The maximum absolute atomic E-state index is 9.52. The summed E-state index contributed by atoms with van der Waals surface area (Å²) in [6.45, 7) is 1.75. The molecule has 1 aromatic carbocycles. The van der Waals surface area contributed by atoms with Gasteiger partial charge in [-0.05, 0) is 30.5 Å². The lowest BCUT2D eigenvalue weighted by Crippen LogP contribution is -2.40. The van der Waals surface area contributed by atoms with Crippen molar-refractivity contribution in [2.24, 2.45) is 0 Å². The van der Waals surface area contributed by atoms with Gasteiger partial charge in [0.25, 0.3) is 0 Å². The standard InChI is InChI=1S/C18H18ClN3/c19-16-6-7-18(21-12-16)15-8-9-22(17(10-15)11-20)13-14-4-2-1-3-5-14/h1-7,12,15,17H,8-10,13H2. The fraction of sp³-hybridized carbons (Fsp3) is 0.333. The van der Waals surface area contributed by atoms with E-state index in [0.717, 1.165) is 31.6 Å². The minimum absolute atomic E-state index is 0.0589. The van der Waals surface area contributed by atoms with E-state index in [-0.39, 0.29) is 6.04 Å². The molecule has 2 atom stereocenters. The molecule has 22 heavy (non-hydrogen) atoms. The zero-order chi connectivity index (χ0) is 15.4. The van der Waals surface area contributed by atoms with Crippen molar-refractivity contribution >= 4 is 11.6 Å². The molecule has 0 radical (unpaired) electrons. The van der Waals surface area contributed by atoms with Crippen molar-refractivity contribution in [1.82, 2.24) is 9.88 Å². The number of rotatable bonds is 3. The molecule has 1 aliphatic rings. The van der Waals surface area contributed by atoms with Crippen LogP contribution in [0.5, 0.6) is 0 Å². The number of piperidine rings is 1. The molecule has 1 saturated heterocycles. The Morgan fingerprint density at radius 2 is 2.05 bits per heavy atom. The number of hydrogen-bond donors (Lipinski definition) is 0. The lowest BCUT2D eigenvalue weighted by Gasteiger charge is -2.35. The fourth-order valence-corrected chi connectivity index (χ4v) is 3.16. The van der Waals surface area contributed by atoms with E-state index in [0.29, 0.717) is 10.9 Å². The van der Waals surface area contributed by atoms with Crippen molar-refractivity contribution in [1.29, 1.82) is 5.26 Å². The van der Waals surface area contributed by atoms with Crippen molar-refractivity contribution in [3.63, 3.8) is 0 Å². The predicted octanol–water partition coefficient (Wildman–Crippen LogP) is 4.01. The molecular formula is C18H18ClN3. The first kappa shape index (κ1) is 15.0. The summed E-state index contributed by atoms with van der Waals surface area (Å²) in [6.07, 6.45) is 3.55. The minimum Gasteiger partial charge on any atom is -0.284 e. The van der Waals surface area contributed by atoms with Crippen molar-refractivity contribution in [2.75, 3.05) is 6.54 Å². The first-order valence-corrected chi connectivity index (χ1v) is 7.93. The van der Waals surface area contributed by atoms with Crippen LogP contribution in [0.15, 0.2) is 48.7 Å². The number of halogens is 1. The van der Waals surface area contributed by atoms with Crippen molar-refractivity contribution in [3.05, 3.63) is 64.9 Å². The lowest BCUT2D eigenvalue weighted by atomic mass is 9.88. The molecule has 1 aromatic heterocycles. The number of hydrogen-bond acceptors (Lipinski definition) is 3. The Hall–Kier alpha value is -1.89. The van der Waals surface area contributed by atoms with Gasteiger partial charge in [-0.25, -0.2) is 0 Å². The quantitative estimate of drug-likeness (QED) is 0.860. The van der Waals surface area contributed by atoms with Crippen LogP contribution in [-0.2, 0) is 6.54 Å². The second-order valence-electron chi connectivity index (χ2n) is 5.72. The molecule has 112 valence electrons. The lowest BCUT2D eigenvalue weighted by molar-refractivity contribution is 0.160. The number of likely N-dealkylation sites (tertiary alicyclic amines) is 1. The third kappa shape index (κ3) is 3.47. The Morgan fingerprint density at radius 1 is 1.23 bits per heavy atom.